The Morgan fingerprint density at radius 1 is 0.690 bits per heavy atom. The third kappa shape index (κ3) is 17.9. The van der Waals surface area contributed by atoms with E-state index in [1.54, 1.807) is 9.80 Å². The Balaban J connectivity index is 0.000000258. The van der Waals surface area contributed by atoms with E-state index in [0.717, 1.165) is 51.9 Å². The molecule has 4 fully saturated rings. The van der Waals surface area contributed by atoms with Crippen molar-refractivity contribution < 1.29 is 43.7 Å². The number of likely N-dealkylation sites (tertiary alicyclic amines) is 2. The number of nitrogens with one attached hydrogen (secondary N) is 3. The SMILES string of the molecule is CC(C)(C)OC(=O)N1CCC(=O)CC1.CC[C@H]1CN(c2nc(N)c(C(=O)NCCO)nc2Cl)CCN1.CC[C@H]1CN(c2nc(N)c(C(=O)NCCO)nc2Cl)CCN1C1CCN(C(=O)OC(C)(C)C)CC1. The van der Waals surface area contributed by atoms with Crippen LogP contribution in [0.1, 0.15) is 115 Å². The van der Waals surface area contributed by atoms with Crippen LogP contribution < -0.4 is 37.2 Å². The largest absolute Gasteiger partial charge is 0.444 e. The molecular weight excluding hydrogens is 964 g/mol. The van der Waals surface area contributed by atoms with Gasteiger partial charge in [0.2, 0.25) is 0 Å². The number of carbonyl (C=O) groups excluding carboxylic acids is 5. The maximum absolute atomic E-state index is 12.4. The molecule has 4 saturated heterocycles. The predicted octanol–water partition coefficient (Wildman–Crippen LogP) is 2.94. The normalized spacial score (nSPS) is 19.2. The van der Waals surface area contributed by atoms with Crippen molar-refractivity contribution in [3.05, 3.63) is 21.7 Å². The smallest absolute Gasteiger partial charge is 0.410 e. The number of nitrogen functional groups attached to an aromatic ring is 2. The van der Waals surface area contributed by atoms with E-state index in [-0.39, 0.29) is 83.6 Å². The van der Waals surface area contributed by atoms with Crippen molar-refractivity contribution in [2.24, 2.45) is 0 Å². The Bertz CT molecular complexity index is 2110. The molecule has 6 rings (SSSR count). The van der Waals surface area contributed by atoms with Gasteiger partial charge in [-0.1, -0.05) is 37.0 Å². The number of piperidine rings is 2. The molecule has 4 aliphatic rings. The highest BCUT2D eigenvalue weighted by Gasteiger charge is 2.36. The summed E-state index contributed by atoms with van der Waals surface area (Å²) in [6.45, 7) is 22.2. The highest BCUT2D eigenvalue weighted by molar-refractivity contribution is 6.32. The molecule has 0 bridgehead atoms. The Kier molecular flexibility index (Phi) is 22.3. The van der Waals surface area contributed by atoms with Crippen molar-refractivity contribution in [3.63, 3.8) is 0 Å². The molecular formula is C46H76Cl2N14O9. The number of aliphatic hydroxyl groups is 2. The minimum Gasteiger partial charge on any atom is -0.444 e. The van der Waals surface area contributed by atoms with Gasteiger partial charge in [0.25, 0.3) is 11.8 Å². The topological polar surface area (TPSA) is 300 Å². The van der Waals surface area contributed by atoms with E-state index < -0.39 is 23.0 Å². The van der Waals surface area contributed by atoms with E-state index in [2.05, 4.69) is 59.5 Å². The summed E-state index contributed by atoms with van der Waals surface area (Å²) < 4.78 is 10.7. The van der Waals surface area contributed by atoms with E-state index in [4.69, 9.17) is 54.4 Å². The van der Waals surface area contributed by atoms with Gasteiger partial charge in [0, 0.05) is 110 Å². The number of Topliss-reactive ketones (excluding diaryl/α,β-unsaturated/α-hetero) is 1. The molecule has 2 atom stereocenters. The summed E-state index contributed by atoms with van der Waals surface area (Å²) in [5.74, 6) is 0.209. The highest BCUT2D eigenvalue weighted by Crippen LogP contribution is 2.31. The number of rotatable bonds is 11. The Morgan fingerprint density at radius 3 is 1.59 bits per heavy atom. The molecule has 2 aromatic rings. The van der Waals surface area contributed by atoms with Crippen molar-refractivity contribution in [3.8, 4) is 0 Å². The van der Waals surface area contributed by atoms with Crippen molar-refractivity contribution in [2.75, 3.05) is 113 Å². The zero-order chi connectivity index (χ0) is 52.6. The van der Waals surface area contributed by atoms with Crippen LogP contribution in [0.4, 0.5) is 32.9 Å². The fraction of sp³-hybridized carbons (Fsp3) is 0.717. The van der Waals surface area contributed by atoms with Crippen molar-refractivity contribution >= 4 is 76.3 Å². The molecule has 2 aromatic heterocycles. The predicted molar refractivity (Wildman–Crippen MR) is 272 cm³/mol. The van der Waals surface area contributed by atoms with Crippen LogP contribution in [0.2, 0.25) is 10.3 Å². The maximum Gasteiger partial charge on any atom is 0.410 e. The third-order valence-corrected chi connectivity index (χ3v) is 12.4. The number of amides is 4. The lowest BCUT2D eigenvalue weighted by molar-refractivity contribution is -0.121. The fourth-order valence-electron chi connectivity index (χ4n) is 8.25. The summed E-state index contributed by atoms with van der Waals surface area (Å²) in [5, 5.41) is 26.3. The second-order valence-electron chi connectivity index (χ2n) is 19.6. The summed E-state index contributed by atoms with van der Waals surface area (Å²) in [6, 6.07) is 1.04. The van der Waals surface area contributed by atoms with Crippen LogP contribution in [0, 0.1) is 0 Å². The van der Waals surface area contributed by atoms with E-state index in [9.17, 15) is 24.0 Å². The summed E-state index contributed by atoms with van der Waals surface area (Å²) in [7, 11) is 0. The minimum atomic E-state index is -0.522. The number of aliphatic hydroxyl groups excluding tert-OH is 2. The van der Waals surface area contributed by atoms with Gasteiger partial charge in [-0.15, -0.1) is 0 Å². The van der Waals surface area contributed by atoms with Gasteiger partial charge < -0.3 is 66.7 Å². The number of halogens is 2. The second-order valence-corrected chi connectivity index (χ2v) is 20.3. The summed E-state index contributed by atoms with van der Waals surface area (Å²) >= 11 is 12.6. The first-order valence-corrected chi connectivity index (χ1v) is 25.1. The molecule has 0 spiro atoms. The van der Waals surface area contributed by atoms with Crippen LogP contribution in [0.15, 0.2) is 0 Å². The number of ether oxygens (including phenoxy) is 2. The van der Waals surface area contributed by atoms with Crippen LogP contribution in [0.25, 0.3) is 0 Å². The Labute approximate surface area is 427 Å². The number of nitrogens with zero attached hydrogens (tertiary/aromatic N) is 9. The number of hydrogen-bond acceptors (Lipinski definition) is 19. The zero-order valence-electron chi connectivity index (χ0n) is 42.6. The first-order valence-electron chi connectivity index (χ1n) is 24.4. The monoisotopic (exact) mass is 1040 g/mol. The van der Waals surface area contributed by atoms with Gasteiger partial charge in [0.15, 0.2) is 45.0 Å². The van der Waals surface area contributed by atoms with E-state index in [1.165, 1.54) is 0 Å². The third-order valence-electron chi connectivity index (χ3n) is 11.9. The molecule has 71 heavy (non-hydrogen) atoms. The highest BCUT2D eigenvalue weighted by atomic mass is 35.5. The van der Waals surface area contributed by atoms with Crippen molar-refractivity contribution in [2.45, 2.75) is 123 Å². The summed E-state index contributed by atoms with van der Waals surface area (Å²) in [4.78, 5) is 85.9. The average molecular weight is 1040 g/mol. The molecule has 9 N–H and O–H groups in total. The van der Waals surface area contributed by atoms with Gasteiger partial charge >= 0.3 is 12.2 Å². The molecule has 0 saturated carbocycles. The molecule has 0 radical (unpaired) electrons. The van der Waals surface area contributed by atoms with Crippen molar-refractivity contribution in [1.82, 2.24) is 50.6 Å². The van der Waals surface area contributed by atoms with Crippen LogP contribution in [-0.2, 0) is 14.3 Å². The van der Waals surface area contributed by atoms with Gasteiger partial charge in [-0.3, -0.25) is 19.3 Å². The van der Waals surface area contributed by atoms with Crippen molar-refractivity contribution in [1.29, 1.82) is 0 Å². The molecule has 25 heteroatoms. The number of carbonyl (C=O) groups is 5. The standard InChI is InChI=1S/C23H38ClN7O4.C13H21ClN6O2.C10H17NO3/c1-5-15-14-30(20-18(24)27-17(19(25)28-20)21(33)26-8-13-32)11-12-31(15)16-6-9-29(10-7-16)22(34)35-23(2,3)4;1-2-8-7-20(5-3-16-8)12-10(14)18-9(11(15)19-12)13(22)17-4-6-21;1-10(2,3)14-9(13)11-6-4-8(12)5-7-11/h15-16,32H,5-14H2,1-4H3,(H2,25,28)(H,26,33);8,16,21H,2-7H2,1H3,(H2,15,19)(H,17,22);4-7H2,1-3H3/t15-;8-;/m00./s1. The number of nitrogens with two attached hydrogens (primary N) is 2. The second kappa shape index (κ2) is 27.1. The average Bonchev–Trinajstić information content (AvgIpc) is 3.33. The molecule has 0 aromatic carbocycles. The molecule has 4 amide bonds. The lowest BCUT2D eigenvalue weighted by Crippen LogP contribution is -2.59. The van der Waals surface area contributed by atoms with Gasteiger partial charge in [0.1, 0.15) is 17.0 Å². The minimum absolute atomic E-state index is 0.00447. The number of aromatic nitrogens is 4. The quantitative estimate of drug-likeness (QED) is 0.170. The van der Waals surface area contributed by atoms with E-state index in [0.29, 0.717) is 75.8 Å². The zero-order valence-corrected chi connectivity index (χ0v) is 44.1. The summed E-state index contributed by atoms with van der Waals surface area (Å²) in [5.41, 5.74) is 10.8. The van der Waals surface area contributed by atoms with Gasteiger partial charge in [-0.05, 0) is 67.2 Å². The van der Waals surface area contributed by atoms with Gasteiger partial charge in [-0.25, -0.2) is 29.5 Å². The van der Waals surface area contributed by atoms with Crippen LogP contribution in [0.5, 0.6) is 0 Å². The number of anilines is 4. The Morgan fingerprint density at radius 2 is 1.15 bits per heavy atom. The molecule has 398 valence electrons. The van der Waals surface area contributed by atoms with E-state index >= 15 is 0 Å². The number of piperazine rings is 2. The van der Waals surface area contributed by atoms with E-state index in [1.807, 2.05) is 46.4 Å². The number of hydrogen-bond donors (Lipinski definition) is 7. The van der Waals surface area contributed by atoms with Gasteiger partial charge in [-0.2, -0.15) is 0 Å². The lowest BCUT2D eigenvalue weighted by atomic mass is 9.98. The first kappa shape index (κ1) is 58.5. The van der Waals surface area contributed by atoms with Crippen LogP contribution in [-0.4, -0.2) is 196 Å². The van der Waals surface area contributed by atoms with Gasteiger partial charge in [0.05, 0.1) is 13.2 Å². The molecule has 6 heterocycles. The van der Waals surface area contributed by atoms with Crippen LogP contribution in [0.3, 0.4) is 0 Å². The summed E-state index contributed by atoms with van der Waals surface area (Å²) in [6.07, 6.45) is 4.11. The molecule has 4 aliphatic heterocycles. The lowest BCUT2D eigenvalue weighted by Gasteiger charge is -2.47. The molecule has 0 aliphatic carbocycles. The Hall–Kier alpha value is -5.07. The maximum atomic E-state index is 12.4. The number of ketones is 1. The first-order chi connectivity index (χ1) is 33.5. The fourth-order valence-corrected chi connectivity index (χ4v) is 8.74. The molecule has 23 nitrogen and oxygen atoms in total. The molecule has 0 unspecified atom stereocenters. The van der Waals surface area contributed by atoms with Crippen LogP contribution >= 0.6 is 23.2 Å².